The highest BCUT2D eigenvalue weighted by atomic mass is 79.9. The van der Waals surface area contributed by atoms with Crippen LogP contribution >= 0.6 is 15.9 Å². The molecule has 0 aliphatic carbocycles. The molecule has 5 rings (SSSR count). The predicted octanol–water partition coefficient (Wildman–Crippen LogP) is 5.60. The van der Waals surface area contributed by atoms with Crippen molar-refractivity contribution in [2.75, 3.05) is 5.32 Å². The average Bonchev–Trinajstić information content (AvgIpc) is 2.84. The van der Waals surface area contributed by atoms with Gasteiger partial charge in [-0.2, -0.15) is 0 Å². The number of anilines is 2. The highest BCUT2D eigenvalue weighted by Crippen LogP contribution is 2.43. The van der Waals surface area contributed by atoms with Crippen LogP contribution < -0.4 is 5.32 Å². The fourth-order valence-electron chi connectivity index (χ4n) is 3.33. The zero-order valence-electron chi connectivity index (χ0n) is 11.1. The quantitative estimate of drug-likeness (QED) is 0.390. The van der Waals surface area contributed by atoms with E-state index in [-0.39, 0.29) is 0 Å². The van der Waals surface area contributed by atoms with Gasteiger partial charge in [0, 0.05) is 15.2 Å². The number of benzene rings is 3. The van der Waals surface area contributed by atoms with Crippen LogP contribution in [0.25, 0.3) is 27.5 Å². The lowest BCUT2D eigenvalue weighted by atomic mass is 10.1. The monoisotopic (exact) mass is 334 g/mol. The minimum atomic E-state index is 1.10. The van der Waals surface area contributed by atoms with Crippen LogP contribution in [0.2, 0.25) is 0 Å². The van der Waals surface area contributed by atoms with E-state index >= 15 is 0 Å². The third kappa shape index (κ3) is 1.41. The van der Waals surface area contributed by atoms with Crippen molar-refractivity contribution in [3.05, 3.63) is 65.1 Å². The molecule has 0 amide bonds. The number of para-hydroxylation sites is 3. The minimum Gasteiger partial charge on any atom is -0.352 e. The summed E-state index contributed by atoms with van der Waals surface area (Å²) in [5.74, 6) is 0. The van der Waals surface area contributed by atoms with Crippen LogP contribution in [0.4, 0.5) is 11.4 Å². The fourth-order valence-corrected chi connectivity index (χ4v) is 3.79. The van der Waals surface area contributed by atoms with Crippen molar-refractivity contribution in [2.45, 2.75) is 0 Å². The Kier molecular flexibility index (Phi) is 2.11. The van der Waals surface area contributed by atoms with Gasteiger partial charge >= 0.3 is 0 Å². The van der Waals surface area contributed by atoms with Crippen molar-refractivity contribution in [3.63, 3.8) is 0 Å². The van der Waals surface area contributed by atoms with Crippen molar-refractivity contribution in [2.24, 2.45) is 0 Å². The zero-order valence-corrected chi connectivity index (χ0v) is 12.7. The number of rotatable bonds is 0. The van der Waals surface area contributed by atoms with E-state index < -0.39 is 0 Å². The standard InChI is InChI=1S/C18H11BrN2/c19-11-9-13-12-5-1-3-7-16(12)21-17-8-4-2-6-14(17)20-15(10-11)18(13)21/h1-10,20H. The van der Waals surface area contributed by atoms with Gasteiger partial charge in [0.2, 0.25) is 0 Å². The first-order chi connectivity index (χ1) is 10.3. The van der Waals surface area contributed by atoms with Crippen LogP contribution in [0.3, 0.4) is 0 Å². The third-order valence-corrected chi connectivity index (χ3v) is 4.61. The number of nitrogens with zero attached hydrogens (tertiary/aromatic N) is 1. The fraction of sp³-hybridized carbons (Fsp3) is 0. The maximum absolute atomic E-state index is 3.63. The lowest BCUT2D eigenvalue weighted by molar-refractivity contribution is 1.16. The molecule has 0 spiro atoms. The molecule has 100 valence electrons. The molecule has 0 unspecified atom stereocenters. The summed E-state index contributed by atoms with van der Waals surface area (Å²) in [5, 5.41) is 6.12. The number of hydrogen-bond donors (Lipinski definition) is 1. The minimum absolute atomic E-state index is 1.10. The summed E-state index contributed by atoms with van der Waals surface area (Å²) in [7, 11) is 0. The van der Waals surface area contributed by atoms with E-state index in [0.29, 0.717) is 0 Å². The van der Waals surface area contributed by atoms with Crippen molar-refractivity contribution in [1.29, 1.82) is 0 Å². The summed E-state index contributed by atoms with van der Waals surface area (Å²) in [6.45, 7) is 0. The molecular formula is C18H11BrN2. The Labute approximate surface area is 130 Å². The number of halogens is 1. The summed E-state index contributed by atoms with van der Waals surface area (Å²) >= 11 is 3.63. The van der Waals surface area contributed by atoms with Gasteiger partial charge in [0.05, 0.1) is 28.1 Å². The number of hydrogen-bond acceptors (Lipinski definition) is 1. The van der Waals surface area contributed by atoms with Gasteiger partial charge in [-0.25, -0.2) is 0 Å². The Morgan fingerprint density at radius 2 is 1.62 bits per heavy atom. The van der Waals surface area contributed by atoms with Gasteiger partial charge in [0.15, 0.2) is 0 Å². The molecule has 0 saturated heterocycles. The Hall–Kier alpha value is -2.26. The number of nitrogens with one attached hydrogen (secondary N) is 1. The maximum atomic E-state index is 3.63. The predicted molar refractivity (Wildman–Crippen MR) is 91.8 cm³/mol. The molecule has 1 aromatic heterocycles. The molecular weight excluding hydrogens is 324 g/mol. The highest BCUT2D eigenvalue weighted by molar-refractivity contribution is 9.10. The van der Waals surface area contributed by atoms with Gasteiger partial charge in [-0.3, -0.25) is 0 Å². The largest absolute Gasteiger partial charge is 0.352 e. The van der Waals surface area contributed by atoms with Gasteiger partial charge in [-0.1, -0.05) is 46.3 Å². The molecule has 1 N–H and O–H groups in total. The normalized spacial score (nSPS) is 12.4. The molecule has 0 bridgehead atoms. The molecule has 0 atom stereocenters. The Bertz CT molecular complexity index is 1030. The average molecular weight is 335 g/mol. The van der Waals surface area contributed by atoms with Gasteiger partial charge < -0.3 is 9.88 Å². The van der Waals surface area contributed by atoms with E-state index in [9.17, 15) is 0 Å². The Balaban J connectivity index is 2.11. The van der Waals surface area contributed by atoms with Crippen LogP contribution in [-0.4, -0.2) is 4.57 Å². The van der Waals surface area contributed by atoms with Crippen molar-refractivity contribution in [3.8, 4) is 5.69 Å². The van der Waals surface area contributed by atoms with Crippen LogP contribution in [0, 0.1) is 0 Å². The molecule has 1 aliphatic rings. The molecule has 21 heavy (non-hydrogen) atoms. The summed E-state index contributed by atoms with van der Waals surface area (Å²) in [6.07, 6.45) is 0. The number of fused-ring (bicyclic) bond motifs is 5. The lowest BCUT2D eigenvalue weighted by Crippen LogP contribution is -2.06. The topological polar surface area (TPSA) is 17.0 Å². The number of aromatic nitrogens is 1. The van der Waals surface area contributed by atoms with E-state index in [2.05, 4.69) is 86.5 Å². The smallest absolute Gasteiger partial charge is 0.0778 e. The highest BCUT2D eigenvalue weighted by Gasteiger charge is 2.21. The van der Waals surface area contributed by atoms with Crippen LogP contribution in [-0.2, 0) is 0 Å². The van der Waals surface area contributed by atoms with E-state index in [0.717, 1.165) is 15.8 Å². The molecule has 3 heteroatoms. The molecule has 2 nitrogen and oxygen atoms in total. The van der Waals surface area contributed by atoms with Crippen LogP contribution in [0.1, 0.15) is 0 Å². The van der Waals surface area contributed by atoms with E-state index in [1.807, 2.05) is 0 Å². The summed E-state index contributed by atoms with van der Waals surface area (Å²) in [4.78, 5) is 0. The third-order valence-electron chi connectivity index (χ3n) is 4.15. The molecule has 0 radical (unpaired) electrons. The van der Waals surface area contributed by atoms with Crippen molar-refractivity contribution < 1.29 is 0 Å². The summed E-state index contributed by atoms with van der Waals surface area (Å²) in [6, 6.07) is 21.4. The SMILES string of the molecule is Brc1cc2c3c(c1)c1ccccc1n3-c1ccccc1N2. The second kappa shape index (κ2) is 3.89. The molecule has 4 aromatic rings. The second-order valence-corrected chi connectivity index (χ2v) is 6.26. The van der Waals surface area contributed by atoms with Crippen LogP contribution in [0.5, 0.6) is 0 Å². The van der Waals surface area contributed by atoms with Gasteiger partial charge in [-0.15, -0.1) is 0 Å². The molecule has 1 aliphatic heterocycles. The molecule has 2 heterocycles. The molecule has 0 fully saturated rings. The van der Waals surface area contributed by atoms with Gasteiger partial charge in [0.1, 0.15) is 0 Å². The summed E-state index contributed by atoms with van der Waals surface area (Å²) in [5.41, 5.74) is 6.00. The second-order valence-electron chi connectivity index (χ2n) is 5.34. The van der Waals surface area contributed by atoms with Crippen molar-refractivity contribution in [1.82, 2.24) is 4.57 Å². The first kappa shape index (κ1) is 11.4. The van der Waals surface area contributed by atoms with Crippen molar-refractivity contribution >= 4 is 49.1 Å². The lowest BCUT2D eigenvalue weighted by Gasteiger charge is -2.22. The van der Waals surface area contributed by atoms with E-state index in [1.165, 1.54) is 27.5 Å². The van der Waals surface area contributed by atoms with Crippen LogP contribution in [0.15, 0.2) is 65.1 Å². The Morgan fingerprint density at radius 3 is 2.57 bits per heavy atom. The molecule has 0 saturated carbocycles. The first-order valence-electron chi connectivity index (χ1n) is 6.92. The van der Waals surface area contributed by atoms with E-state index in [4.69, 9.17) is 0 Å². The maximum Gasteiger partial charge on any atom is 0.0778 e. The Morgan fingerprint density at radius 1 is 0.810 bits per heavy atom. The van der Waals surface area contributed by atoms with Gasteiger partial charge in [-0.05, 0) is 30.3 Å². The molecule has 3 aromatic carbocycles. The van der Waals surface area contributed by atoms with Gasteiger partial charge in [0.25, 0.3) is 0 Å². The first-order valence-corrected chi connectivity index (χ1v) is 7.71. The van der Waals surface area contributed by atoms with E-state index in [1.54, 1.807) is 0 Å². The summed E-state index contributed by atoms with van der Waals surface area (Å²) < 4.78 is 3.46. The zero-order chi connectivity index (χ0) is 14.0.